The SMILES string of the molecule is CC(=O)Cc1ccc(Cl)nc1B1OC(C)(C)C(C)(C)O1. The summed E-state index contributed by atoms with van der Waals surface area (Å²) >= 11 is 5.97. The second kappa shape index (κ2) is 5.13. The minimum atomic E-state index is -0.604. The molecule has 1 saturated heterocycles. The van der Waals surface area contributed by atoms with Crippen LogP contribution in [0.1, 0.15) is 40.2 Å². The third-order valence-electron chi connectivity index (χ3n) is 3.89. The molecule has 0 aromatic carbocycles. The molecule has 0 bridgehead atoms. The highest BCUT2D eigenvalue weighted by Crippen LogP contribution is 2.36. The fourth-order valence-electron chi connectivity index (χ4n) is 2.06. The molecule has 4 nitrogen and oxygen atoms in total. The highest BCUT2D eigenvalue weighted by atomic mass is 35.5. The number of nitrogens with zero attached hydrogens (tertiary/aromatic N) is 1. The van der Waals surface area contributed by atoms with Gasteiger partial charge in [0.2, 0.25) is 0 Å². The fourth-order valence-corrected chi connectivity index (χ4v) is 2.21. The highest BCUT2D eigenvalue weighted by Gasteiger charge is 2.52. The number of hydrogen-bond donors (Lipinski definition) is 0. The molecular formula is C14H19BClNO3. The van der Waals surface area contributed by atoms with E-state index in [0.29, 0.717) is 17.2 Å². The molecule has 1 aromatic rings. The van der Waals surface area contributed by atoms with E-state index in [1.165, 1.54) is 0 Å². The number of pyridine rings is 1. The molecule has 1 aliphatic rings. The molecule has 2 heterocycles. The van der Waals surface area contributed by atoms with Crippen LogP contribution >= 0.6 is 11.6 Å². The number of rotatable bonds is 3. The molecule has 0 spiro atoms. The van der Waals surface area contributed by atoms with Gasteiger partial charge in [-0.15, -0.1) is 0 Å². The van der Waals surface area contributed by atoms with E-state index >= 15 is 0 Å². The van der Waals surface area contributed by atoms with Gasteiger partial charge in [-0.1, -0.05) is 17.7 Å². The van der Waals surface area contributed by atoms with Crippen molar-refractivity contribution in [3.63, 3.8) is 0 Å². The Labute approximate surface area is 125 Å². The van der Waals surface area contributed by atoms with Crippen molar-refractivity contribution in [2.45, 2.75) is 52.2 Å². The molecule has 0 N–H and O–H groups in total. The van der Waals surface area contributed by atoms with Gasteiger partial charge in [0.25, 0.3) is 0 Å². The largest absolute Gasteiger partial charge is 0.514 e. The summed E-state index contributed by atoms with van der Waals surface area (Å²) in [6.07, 6.45) is 0.295. The van der Waals surface area contributed by atoms with Crippen LogP contribution < -0.4 is 5.59 Å². The average Bonchev–Trinajstić information content (AvgIpc) is 2.50. The van der Waals surface area contributed by atoms with Gasteiger partial charge in [-0.3, -0.25) is 4.79 Å². The first-order valence-corrected chi connectivity index (χ1v) is 7.00. The van der Waals surface area contributed by atoms with Crippen molar-refractivity contribution in [1.29, 1.82) is 0 Å². The zero-order valence-corrected chi connectivity index (χ0v) is 13.2. The molecule has 1 fully saturated rings. The Bertz CT molecular complexity index is 529. The molecule has 0 amide bonds. The van der Waals surface area contributed by atoms with Crippen LogP contribution in [-0.4, -0.2) is 29.1 Å². The van der Waals surface area contributed by atoms with Gasteiger partial charge in [-0.25, -0.2) is 4.98 Å². The Morgan fingerprint density at radius 1 is 1.25 bits per heavy atom. The van der Waals surface area contributed by atoms with Gasteiger partial charge in [0.15, 0.2) is 0 Å². The average molecular weight is 296 g/mol. The number of Topliss-reactive ketones (excluding diaryl/α,β-unsaturated/α-hetero) is 1. The molecule has 2 rings (SSSR count). The molecule has 20 heavy (non-hydrogen) atoms. The lowest BCUT2D eigenvalue weighted by Crippen LogP contribution is -2.41. The summed E-state index contributed by atoms with van der Waals surface area (Å²) in [5.41, 5.74) is 0.483. The summed E-state index contributed by atoms with van der Waals surface area (Å²) in [5, 5.41) is 0.363. The predicted octanol–water partition coefficient (Wildman–Crippen LogP) is 2.17. The molecule has 0 atom stereocenters. The number of carbonyl (C=O) groups excluding carboxylic acids is 1. The quantitative estimate of drug-likeness (QED) is 0.633. The van der Waals surface area contributed by atoms with Crippen LogP contribution in [0.2, 0.25) is 5.15 Å². The van der Waals surface area contributed by atoms with Crippen LogP contribution in [0.5, 0.6) is 0 Å². The zero-order chi connectivity index (χ0) is 15.1. The third kappa shape index (κ3) is 2.90. The molecular weight excluding hydrogens is 276 g/mol. The van der Waals surface area contributed by atoms with Crippen molar-refractivity contribution in [2.75, 3.05) is 0 Å². The lowest BCUT2D eigenvalue weighted by Gasteiger charge is -2.32. The van der Waals surface area contributed by atoms with Crippen molar-refractivity contribution < 1.29 is 14.1 Å². The van der Waals surface area contributed by atoms with Crippen LogP contribution in [-0.2, 0) is 20.5 Å². The summed E-state index contributed by atoms with van der Waals surface area (Å²) in [5.74, 6) is 0.0619. The summed E-state index contributed by atoms with van der Waals surface area (Å²) in [7, 11) is -0.604. The van der Waals surface area contributed by atoms with E-state index in [-0.39, 0.29) is 5.78 Å². The lowest BCUT2D eigenvalue weighted by molar-refractivity contribution is -0.116. The number of carbonyl (C=O) groups is 1. The number of aromatic nitrogens is 1. The van der Waals surface area contributed by atoms with Gasteiger partial charge in [0.05, 0.1) is 16.8 Å². The van der Waals surface area contributed by atoms with Gasteiger partial charge in [0, 0.05) is 6.42 Å². The fraction of sp³-hybridized carbons (Fsp3) is 0.571. The zero-order valence-electron chi connectivity index (χ0n) is 12.5. The van der Waals surface area contributed by atoms with E-state index in [0.717, 1.165) is 5.56 Å². The summed E-state index contributed by atoms with van der Waals surface area (Å²) in [4.78, 5) is 15.7. The molecule has 0 unspecified atom stereocenters. The summed E-state index contributed by atoms with van der Waals surface area (Å²) < 4.78 is 11.9. The van der Waals surface area contributed by atoms with Crippen LogP contribution in [0.3, 0.4) is 0 Å². The van der Waals surface area contributed by atoms with Gasteiger partial charge < -0.3 is 9.31 Å². The molecule has 1 aromatic heterocycles. The van der Waals surface area contributed by atoms with Crippen molar-refractivity contribution in [3.8, 4) is 0 Å². The predicted molar refractivity (Wildman–Crippen MR) is 79.3 cm³/mol. The van der Waals surface area contributed by atoms with Crippen molar-refractivity contribution >= 4 is 30.1 Å². The standard InChI is InChI=1S/C14H19BClNO3/c1-9(18)8-10-6-7-11(16)17-12(10)15-19-13(2,3)14(4,5)20-15/h6-7H,8H2,1-5H3. The van der Waals surface area contributed by atoms with Crippen LogP contribution in [0, 0.1) is 0 Å². The van der Waals surface area contributed by atoms with E-state index in [1.807, 2.05) is 27.7 Å². The second-order valence-electron chi connectivity index (χ2n) is 6.15. The van der Waals surface area contributed by atoms with Crippen LogP contribution in [0.4, 0.5) is 0 Å². The van der Waals surface area contributed by atoms with E-state index in [9.17, 15) is 4.79 Å². The Kier molecular flexibility index (Phi) is 3.97. The van der Waals surface area contributed by atoms with Crippen LogP contribution in [0.25, 0.3) is 0 Å². The summed E-state index contributed by atoms with van der Waals surface area (Å²) in [6, 6.07) is 3.48. The van der Waals surface area contributed by atoms with E-state index in [4.69, 9.17) is 20.9 Å². The molecule has 0 radical (unpaired) electrons. The van der Waals surface area contributed by atoms with Crippen molar-refractivity contribution in [2.24, 2.45) is 0 Å². The Morgan fingerprint density at radius 3 is 2.30 bits per heavy atom. The second-order valence-corrected chi connectivity index (χ2v) is 6.53. The third-order valence-corrected chi connectivity index (χ3v) is 4.10. The molecule has 1 aliphatic heterocycles. The normalized spacial score (nSPS) is 20.2. The first-order valence-electron chi connectivity index (χ1n) is 6.63. The molecule has 0 aliphatic carbocycles. The first kappa shape index (κ1) is 15.5. The maximum atomic E-state index is 11.4. The number of hydrogen-bond acceptors (Lipinski definition) is 4. The molecule has 108 valence electrons. The Hall–Kier alpha value is -0.905. The van der Waals surface area contributed by atoms with Crippen LogP contribution in [0.15, 0.2) is 12.1 Å². The maximum absolute atomic E-state index is 11.4. The number of ketones is 1. The topological polar surface area (TPSA) is 48.4 Å². The molecule has 6 heteroatoms. The van der Waals surface area contributed by atoms with E-state index in [1.54, 1.807) is 19.1 Å². The minimum Gasteiger partial charge on any atom is -0.398 e. The summed E-state index contributed by atoms with van der Waals surface area (Å²) in [6.45, 7) is 9.44. The smallest absolute Gasteiger partial charge is 0.398 e. The Balaban J connectivity index is 2.38. The highest BCUT2D eigenvalue weighted by molar-refractivity contribution is 6.62. The monoisotopic (exact) mass is 295 g/mol. The Morgan fingerprint density at radius 2 is 1.80 bits per heavy atom. The maximum Gasteiger partial charge on any atom is 0.514 e. The lowest BCUT2D eigenvalue weighted by atomic mass is 9.80. The minimum absolute atomic E-state index is 0.0619. The van der Waals surface area contributed by atoms with Gasteiger partial charge in [-0.05, 0) is 46.2 Å². The van der Waals surface area contributed by atoms with E-state index < -0.39 is 18.3 Å². The van der Waals surface area contributed by atoms with E-state index in [2.05, 4.69) is 4.98 Å². The van der Waals surface area contributed by atoms with Crippen molar-refractivity contribution in [1.82, 2.24) is 4.98 Å². The molecule has 0 saturated carbocycles. The van der Waals surface area contributed by atoms with Gasteiger partial charge in [0.1, 0.15) is 10.9 Å². The van der Waals surface area contributed by atoms with Gasteiger partial charge >= 0.3 is 7.12 Å². The first-order chi connectivity index (χ1) is 9.12. The number of halogens is 1. The van der Waals surface area contributed by atoms with Gasteiger partial charge in [-0.2, -0.15) is 0 Å². The van der Waals surface area contributed by atoms with Crippen molar-refractivity contribution in [3.05, 3.63) is 22.8 Å².